The second-order valence-electron chi connectivity index (χ2n) is 6.22. The second kappa shape index (κ2) is 7.24. The molecule has 1 N–H and O–H groups in total. The van der Waals surface area contributed by atoms with E-state index in [4.69, 9.17) is 11.6 Å². The summed E-state index contributed by atoms with van der Waals surface area (Å²) < 4.78 is 0. The Labute approximate surface area is 148 Å². The lowest BCUT2D eigenvalue weighted by molar-refractivity contribution is 0.102. The van der Waals surface area contributed by atoms with Gasteiger partial charge in [0.1, 0.15) is 0 Å². The smallest absolute Gasteiger partial charge is 0.255 e. The number of nitrogens with zero attached hydrogens (tertiary/aromatic N) is 2. The van der Waals surface area contributed by atoms with Crippen molar-refractivity contribution in [3.63, 3.8) is 0 Å². The van der Waals surface area contributed by atoms with Crippen molar-refractivity contribution in [3.05, 3.63) is 58.6 Å². The summed E-state index contributed by atoms with van der Waals surface area (Å²) in [5.41, 5.74) is 3.43. The minimum absolute atomic E-state index is 0.106. The van der Waals surface area contributed by atoms with Crippen LogP contribution in [-0.2, 0) is 0 Å². The zero-order valence-electron chi connectivity index (χ0n) is 14.1. The Morgan fingerprint density at radius 1 is 1.08 bits per heavy atom. The molecule has 126 valence electrons. The minimum atomic E-state index is -0.106. The maximum absolute atomic E-state index is 12.7. The molecule has 1 saturated heterocycles. The van der Waals surface area contributed by atoms with Gasteiger partial charge < -0.3 is 15.1 Å². The molecule has 1 aliphatic heterocycles. The average Bonchev–Trinajstić information content (AvgIpc) is 2.56. The van der Waals surface area contributed by atoms with Crippen LogP contribution in [0.25, 0.3) is 0 Å². The standard InChI is InChI=1S/C19H22ClN3O/c1-14-5-3-4-6-16(14)19(24)21-17-13-15(20)7-8-18(17)23-11-9-22(2)10-12-23/h3-8,13H,9-12H2,1-2H3,(H,21,24). The number of carbonyl (C=O) groups excluding carboxylic acids is 1. The van der Waals surface area contributed by atoms with Gasteiger partial charge in [-0.3, -0.25) is 4.79 Å². The largest absolute Gasteiger partial charge is 0.367 e. The topological polar surface area (TPSA) is 35.6 Å². The van der Waals surface area contributed by atoms with Crippen molar-refractivity contribution in [1.82, 2.24) is 4.90 Å². The molecule has 1 amide bonds. The highest BCUT2D eigenvalue weighted by Gasteiger charge is 2.19. The maximum atomic E-state index is 12.7. The number of piperazine rings is 1. The van der Waals surface area contributed by atoms with E-state index >= 15 is 0 Å². The zero-order valence-corrected chi connectivity index (χ0v) is 14.8. The Hall–Kier alpha value is -2.04. The number of likely N-dealkylation sites (N-methyl/N-ethyl adjacent to an activating group) is 1. The molecule has 0 atom stereocenters. The molecule has 2 aromatic rings. The molecule has 0 radical (unpaired) electrons. The van der Waals surface area contributed by atoms with E-state index < -0.39 is 0 Å². The van der Waals surface area contributed by atoms with Crippen LogP contribution in [0.15, 0.2) is 42.5 Å². The van der Waals surface area contributed by atoms with E-state index in [2.05, 4.69) is 22.2 Å². The highest BCUT2D eigenvalue weighted by atomic mass is 35.5. The van der Waals surface area contributed by atoms with Crippen LogP contribution < -0.4 is 10.2 Å². The summed E-state index contributed by atoms with van der Waals surface area (Å²) in [6, 6.07) is 13.3. The Morgan fingerprint density at radius 3 is 2.50 bits per heavy atom. The van der Waals surface area contributed by atoms with Gasteiger partial charge in [-0.05, 0) is 43.8 Å². The second-order valence-corrected chi connectivity index (χ2v) is 6.66. The number of halogens is 1. The number of aryl methyl sites for hydroxylation is 1. The Morgan fingerprint density at radius 2 is 1.79 bits per heavy atom. The molecule has 0 bridgehead atoms. The Bertz CT molecular complexity index is 739. The predicted molar refractivity (Wildman–Crippen MR) is 100 cm³/mol. The fourth-order valence-corrected chi connectivity index (χ4v) is 3.12. The summed E-state index contributed by atoms with van der Waals surface area (Å²) in [5, 5.41) is 3.66. The van der Waals surface area contributed by atoms with Crippen LogP contribution in [0.2, 0.25) is 5.02 Å². The van der Waals surface area contributed by atoms with E-state index in [0.29, 0.717) is 10.6 Å². The van der Waals surface area contributed by atoms with Crippen LogP contribution in [0.5, 0.6) is 0 Å². The van der Waals surface area contributed by atoms with Crippen LogP contribution in [0.1, 0.15) is 15.9 Å². The van der Waals surface area contributed by atoms with Crippen molar-refractivity contribution in [2.45, 2.75) is 6.92 Å². The number of rotatable bonds is 3. The number of benzene rings is 2. The van der Waals surface area contributed by atoms with Crippen molar-refractivity contribution in [1.29, 1.82) is 0 Å². The van der Waals surface area contributed by atoms with Gasteiger partial charge in [0.15, 0.2) is 0 Å². The molecule has 2 aromatic carbocycles. The van der Waals surface area contributed by atoms with Crippen molar-refractivity contribution < 1.29 is 4.79 Å². The van der Waals surface area contributed by atoms with E-state index in [-0.39, 0.29) is 5.91 Å². The third kappa shape index (κ3) is 3.71. The van der Waals surface area contributed by atoms with Crippen LogP contribution in [0.4, 0.5) is 11.4 Å². The Kier molecular flexibility index (Phi) is 5.07. The van der Waals surface area contributed by atoms with Crippen molar-refractivity contribution >= 4 is 28.9 Å². The average molecular weight is 344 g/mol. The fourth-order valence-electron chi connectivity index (χ4n) is 2.95. The quantitative estimate of drug-likeness (QED) is 0.924. The molecule has 0 aromatic heterocycles. The molecular formula is C19H22ClN3O. The predicted octanol–water partition coefficient (Wildman–Crippen LogP) is 3.65. The number of nitrogens with one attached hydrogen (secondary N) is 1. The first-order valence-electron chi connectivity index (χ1n) is 8.14. The van der Waals surface area contributed by atoms with E-state index in [9.17, 15) is 4.79 Å². The van der Waals surface area contributed by atoms with Gasteiger partial charge in [-0.25, -0.2) is 0 Å². The van der Waals surface area contributed by atoms with Gasteiger partial charge in [-0.2, -0.15) is 0 Å². The van der Waals surface area contributed by atoms with Crippen LogP contribution >= 0.6 is 11.6 Å². The Balaban J connectivity index is 1.86. The SMILES string of the molecule is Cc1ccccc1C(=O)Nc1cc(Cl)ccc1N1CCN(C)CC1. The molecule has 0 unspecified atom stereocenters. The van der Waals surface area contributed by atoms with Gasteiger partial charge in [0, 0.05) is 36.8 Å². The summed E-state index contributed by atoms with van der Waals surface area (Å²) >= 11 is 6.16. The monoisotopic (exact) mass is 343 g/mol. The molecule has 1 aliphatic rings. The molecule has 0 saturated carbocycles. The van der Waals surface area contributed by atoms with Crippen molar-refractivity contribution in [2.75, 3.05) is 43.4 Å². The van der Waals surface area contributed by atoms with Crippen molar-refractivity contribution in [3.8, 4) is 0 Å². The first kappa shape index (κ1) is 16.8. The fraction of sp³-hybridized carbons (Fsp3) is 0.316. The summed E-state index contributed by atoms with van der Waals surface area (Å²) in [6.45, 7) is 5.83. The molecule has 1 fully saturated rings. The van der Waals surface area contributed by atoms with Gasteiger partial charge in [-0.1, -0.05) is 29.8 Å². The number of amides is 1. The maximum Gasteiger partial charge on any atom is 0.255 e. The summed E-state index contributed by atoms with van der Waals surface area (Å²) in [6.07, 6.45) is 0. The van der Waals surface area contributed by atoms with Gasteiger partial charge in [0.25, 0.3) is 5.91 Å². The minimum Gasteiger partial charge on any atom is -0.367 e. The normalized spacial score (nSPS) is 15.4. The summed E-state index contributed by atoms with van der Waals surface area (Å²) in [7, 11) is 2.13. The van der Waals surface area contributed by atoms with Crippen LogP contribution in [0.3, 0.4) is 0 Å². The summed E-state index contributed by atoms with van der Waals surface area (Å²) in [5.74, 6) is -0.106. The zero-order chi connectivity index (χ0) is 17.1. The highest BCUT2D eigenvalue weighted by molar-refractivity contribution is 6.31. The third-order valence-electron chi connectivity index (χ3n) is 4.44. The molecular weight excluding hydrogens is 322 g/mol. The van der Waals surface area contributed by atoms with Gasteiger partial charge >= 0.3 is 0 Å². The van der Waals surface area contributed by atoms with Gasteiger partial charge in [0.05, 0.1) is 11.4 Å². The molecule has 24 heavy (non-hydrogen) atoms. The van der Waals surface area contributed by atoms with Gasteiger partial charge in [0.2, 0.25) is 0 Å². The third-order valence-corrected chi connectivity index (χ3v) is 4.68. The first-order chi connectivity index (χ1) is 11.5. The van der Waals surface area contributed by atoms with E-state index in [1.54, 1.807) is 0 Å². The lowest BCUT2D eigenvalue weighted by Crippen LogP contribution is -2.44. The lowest BCUT2D eigenvalue weighted by Gasteiger charge is -2.35. The molecule has 4 nitrogen and oxygen atoms in total. The van der Waals surface area contributed by atoms with Gasteiger partial charge in [-0.15, -0.1) is 0 Å². The molecule has 3 rings (SSSR count). The highest BCUT2D eigenvalue weighted by Crippen LogP contribution is 2.30. The van der Waals surface area contributed by atoms with Crippen molar-refractivity contribution in [2.24, 2.45) is 0 Å². The van der Waals surface area contributed by atoms with E-state index in [1.807, 2.05) is 49.4 Å². The number of anilines is 2. The van der Waals surface area contributed by atoms with E-state index in [1.165, 1.54) is 0 Å². The van der Waals surface area contributed by atoms with E-state index in [0.717, 1.165) is 43.1 Å². The molecule has 1 heterocycles. The number of carbonyl (C=O) groups is 1. The van der Waals surface area contributed by atoms with Crippen LogP contribution in [-0.4, -0.2) is 44.0 Å². The molecule has 0 aliphatic carbocycles. The molecule has 0 spiro atoms. The summed E-state index contributed by atoms with van der Waals surface area (Å²) in [4.78, 5) is 17.3. The number of hydrogen-bond acceptors (Lipinski definition) is 3. The molecule has 5 heteroatoms. The lowest BCUT2D eigenvalue weighted by atomic mass is 10.1. The first-order valence-corrected chi connectivity index (χ1v) is 8.52. The van der Waals surface area contributed by atoms with Crippen LogP contribution in [0, 0.1) is 6.92 Å². The number of hydrogen-bond donors (Lipinski definition) is 1.